The quantitative estimate of drug-likeness (QED) is 0.150. The number of rotatable bonds is 11. The van der Waals surface area contributed by atoms with Gasteiger partial charge in [-0.3, -0.25) is 9.52 Å². The van der Waals surface area contributed by atoms with Gasteiger partial charge in [0.2, 0.25) is 10.0 Å². The molecule has 0 aliphatic heterocycles. The van der Waals surface area contributed by atoms with E-state index in [1.54, 1.807) is 18.2 Å². The first-order valence-corrected chi connectivity index (χ1v) is 15.6. The fraction of sp³-hybridized carbons (Fsp3) is 0.286. The molecule has 3 aromatic carbocycles. The summed E-state index contributed by atoms with van der Waals surface area (Å²) in [5.74, 6) is 0.283. The van der Waals surface area contributed by atoms with Gasteiger partial charge >= 0.3 is 0 Å². The Labute approximate surface area is 242 Å². The largest absolute Gasteiger partial charge is 0.494 e. The van der Waals surface area contributed by atoms with Crippen LogP contribution < -0.4 is 20.1 Å². The molecule has 3 N–H and O–H groups in total. The van der Waals surface area contributed by atoms with Crippen LogP contribution in [0.1, 0.15) is 24.2 Å². The first kappa shape index (κ1) is 28.8. The van der Waals surface area contributed by atoms with E-state index < -0.39 is 10.0 Å². The summed E-state index contributed by atoms with van der Waals surface area (Å²) in [5, 5.41) is 8.20. The predicted molar refractivity (Wildman–Crippen MR) is 167 cm³/mol. The van der Waals surface area contributed by atoms with Gasteiger partial charge in [-0.2, -0.15) is 0 Å². The van der Waals surface area contributed by atoms with E-state index in [0.717, 1.165) is 51.4 Å². The van der Waals surface area contributed by atoms with Crippen LogP contribution in [-0.2, 0) is 10.0 Å². The van der Waals surface area contributed by atoms with Crippen LogP contribution in [0.25, 0.3) is 21.8 Å². The average molecular weight is 662 g/mol. The molecule has 11 heteroatoms. The summed E-state index contributed by atoms with van der Waals surface area (Å²) in [6.45, 7) is 7.37. The summed E-state index contributed by atoms with van der Waals surface area (Å²) < 4.78 is 32.4. The number of carbonyl (C=O) groups excluding carboxylic acids is 1. The second-order valence-electron chi connectivity index (χ2n) is 9.05. The molecule has 1 amide bonds. The van der Waals surface area contributed by atoms with Crippen molar-refractivity contribution in [2.45, 2.75) is 13.8 Å². The molecule has 206 valence electrons. The molecule has 0 spiro atoms. The number of carbonyl (C=O) groups is 1. The predicted octanol–water partition coefficient (Wildman–Crippen LogP) is 5.19. The van der Waals surface area contributed by atoms with Crippen molar-refractivity contribution >= 4 is 77.4 Å². The number of pyridine rings is 1. The number of hydrogen-bond acceptors (Lipinski definition) is 7. The molecule has 0 atom stereocenters. The van der Waals surface area contributed by atoms with Crippen LogP contribution in [0.4, 0.5) is 17.1 Å². The lowest BCUT2D eigenvalue weighted by atomic mass is 10.0. The lowest BCUT2D eigenvalue weighted by Gasteiger charge is -2.19. The van der Waals surface area contributed by atoms with E-state index in [9.17, 15) is 13.2 Å². The van der Waals surface area contributed by atoms with Crippen molar-refractivity contribution < 1.29 is 17.9 Å². The molecule has 39 heavy (non-hydrogen) atoms. The number of aromatic nitrogens is 1. The van der Waals surface area contributed by atoms with E-state index in [1.807, 2.05) is 36.4 Å². The van der Waals surface area contributed by atoms with Gasteiger partial charge < -0.3 is 20.3 Å². The summed E-state index contributed by atoms with van der Waals surface area (Å²) in [4.78, 5) is 20.5. The third-order valence-corrected chi connectivity index (χ3v) is 7.60. The maximum atomic E-state index is 13.4. The van der Waals surface area contributed by atoms with E-state index in [1.165, 1.54) is 7.11 Å². The molecular weight excluding hydrogens is 629 g/mol. The number of amides is 1. The molecule has 0 unspecified atom stereocenters. The molecule has 4 aromatic rings. The van der Waals surface area contributed by atoms with Crippen molar-refractivity contribution in [2.75, 3.05) is 49.6 Å². The van der Waals surface area contributed by atoms with Crippen LogP contribution in [0, 0.1) is 3.57 Å². The number of sulfonamides is 1. The standard InChI is InChI=1S/C28H32IN5O4S/c1-5-34(6-2)14-13-30-28(35)22-16-18(29)15-21-26(20-9-7-8-10-23(20)31-27(21)22)32-24-12-11-19(17-25(24)38-3)33-39(4,36)37/h7-12,15-17,33H,5-6,13-14H2,1-4H3,(H,30,35)(H,31,32). The Hall–Kier alpha value is -3.16. The zero-order chi connectivity index (χ0) is 28.2. The van der Waals surface area contributed by atoms with Crippen LogP contribution in [0.5, 0.6) is 5.75 Å². The molecule has 0 aliphatic carbocycles. The van der Waals surface area contributed by atoms with Gasteiger partial charge in [-0.25, -0.2) is 13.4 Å². The van der Waals surface area contributed by atoms with Crippen molar-refractivity contribution in [3.63, 3.8) is 0 Å². The zero-order valence-electron chi connectivity index (χ0n) is 22.3. The number of nitrogens with one attached hydrogen (secondary N) is 3. The summed E-state index contributed by atoms with van der Waals surface area (Å²) in [7, 11) is -1.91. The Balaban J connectivity index is 1.80. The van der Waals surface area contributed by atoms with Crippen LogP contribution >= 0.6 is 22.6 Å². The first-order valence-electron chi connectivity index (χ1n) is 12.6. The fourth-order valence-corrected chi connectivity index (χ4v) is 5.61. The van der Waals surface area contributed by atoms with Crippen molar-refractivity contribution in [3.8, 4) is 5.75 Å². The molecule has 0 saturated carbocycles. The highest BCUT2D eigenvalue weighted by atomic mass is 127. The molecule has 0 fully saturated rings. The summed E-state index contributed by atoms with van der Waals surface area (Å²) in [5.41, 5.74) is 3.63. The maximum Gasteiger partial charge on any atom is 0.253 e. The molecule has 4 rings (SSSR count). The summed E-state index contributed by atoms with van der Waals surface area (Å²) in [6, 6.07) is 16.6. The Morgan fingerprint density at radius 1 is 1.05 bits per heavy atom. The second-order valence-corrected chi connectivity index (χ2v) is 12.0. The van der Waals surface area contributed by atoms with Gasteiger partial charge in [0.25, 0.3) is 5.91 Å². The fourth-order valence-electron chi connectivity index (χ4n) is 4.44. The molecule has 0 radical (unpaired) electrons. The lowest BCUT2D eigenvalue weighted by molar-refractivity contribution is 0.0950. The van der Waals surface area contributed by atoms with Crippen LogP contribution in [0.2, 0.25) is 0 Å². The Bertz CT molecular complexity index is 1620. The molecular formula is C28H32IN5O4S. The molecule has 1 heterocycles. The minimum absolute atomic E-state index is 0.173. The van der Waals surface area contributed by atoms with Gasteiger partial charge in [0.1, 0.15) is 5.75 Å². The smallest absolute Gasteiger partial charge is 0.253 e. The van der Waals surface area contributed by atoms with Crippen molar-refractivity contribution in [1.29, 1.82) is 0 Å². The van der Waals surface area contributed by atoms with Crippen LogP contribution in [0.15, 0.2) is 54.6 Å². The van der Waals surface area contributed by atoms with Gasteiger partial charge in [0.05, 0.1) is 47.0 Å². The van der Waals surface area contributed by atoms with Crippen molar-refractivity contribution in [3.05, 3.63) is 63.7 Å². The number of hydrogen-bond donors (Lipinski definition) is 3. The molecule has 0 bridgehead atoms. The molecule has 0 saturated heterocycles. The van der Waals surface area contributed by atoms with E-state index in [0.29, 0.717) is 34.7 Å². The number of para-hydroxylation sites is 1. The lowest BCUT2D eigenvalue weighted by Crippen LogP contribution is -2.35. The summed E-state index contributed by atoms with van der Waals surface area (Å²) in [6.07, 6.45) is 1.10. The molecule has 0 aliphatic rings. The number of likely N-dealkylation sites (N-methyl/N-ethyl adjacent to an activating group) is 1. The van der Waals surface area contributed by atoms with Gasteiger partial charge in [-0.1, -0.05) is 32.0 Å². The minimum Gasteiger partial charge on any atom is -0.494 e. The van der Waals surface area contributed by atoms with Crippen molar-refractivity contribution in [2.24, 2.45) is 0 Å². The number of anilines is 3. The SMILES string of the molecule is CCN(CC)CCNC(=O)c1cc(I)cc2c(Nc3ccc(NS(C)(=O)=O)cc3OC)c3ccccc3nc12. The number of fused-ring (bicyclic) bond motifs is 2. The molecule has 9 nitrogen and oxygen atoms in total. The molecule has 1 aromatic heterocycles. The second kappa shape index (κ2) is 12.3. The first-order chi connectivity index (χ1) is 18.6. The monoisotopic (exact) mass is 661 g/mol. The number of halogens is 1. The zero-order valence-corrected chi connectivity index (χ0v) is 25.3. The Kier molecular flexibility index (Phi) is 9.13. The Morgan fingerprint density at radius 3 is 2.49 bits per heavy atom. The normalized spacial score (nSPS) is 11.6. The topological polar surface area (TPSA) is 113 Å². The van der Waals surface area contributed by atoms with E-state index in [-0.39, 0.29) is 5.91 Å². The van der Waals surface area contributed by atoms with Crippen LogP contribution in [0.3, 0.4) is 0 Å². The van der Waals surface area contributed by atoms with E-state index in [4.69, 9.17) is 9.72 Å². The highest BCUT2D eigenvalue weighted by molar-refractivity contribution is 14.1. The van der Waals surface area contributed by atoms with Crippen LogP contribution in [-0.4, -0.2) is 63.8 Å². The third kappa shape index (κ3) is 6.89. The summed E-state index contributed by atoms with van der Waals surface area (Å²) >= 11 is 2.22. The third-order valence-electron chi connectivity index (χ3n) is 6.37. The highest BCUT2D eigenvalue weighted by Gasteiger charge is 2.19. The number of methoxy groups -OCH3 is 1. The van der Waals surface area contributed by atoms with Gasteiger partial charge in [0, 0.05) is 33.5 Å². The average Bonchev–Trinajstić information content (AvgIpc) is 2.90. The van der Waals surface area contributed by atoms with Gasteiger partial charge in [-0.15, -0.1) is 0 Å². The number of benzene rings is 3. The minimum atomic E-state index is -3.44. The van der Waals surface area contributed by atoms with Gasteiger partial charge in [0.15, 0.2) is 0 Å². The van der Waals surface area contributed by atoms with E-state index >= 15 is 0 Å². The van der Waals surface area contributed by atoms with E-state index in [2.05, 4.69) is 56.7 Å². The number of ether oxygens (including phenoxy) is 1. The highest BCUT2D eigenvalue weighted by Crippen LogP contribution is 2.38. The number of nitrogens with zero attached hydrogens (tertiary/aromatic N) is 2. The Morgan fingerprint density at radius 2 is 1.79 bits per heavy atom. The van der Waals surface area contributed by atoms with Gasteiger partial charge in [-0.05, 0) is 66.0 Å². The van der Waals surface area contributed by atoms with Crippen molar-refractivity contribution in [1.82, 2.24) is 15.2 Å². The maximum absolute atomic E-state index is 13.4.